The molecule has 0 aromatic heterocycles. The SMILES string of the molecule is CC(Nc1cccc(Cl)c1F)c1cccc(Cl)c1Cl. The van der Waals surface area contributed by atoms with Crippen LogP contribution in [0.3, 0.4) is 0 Å². The van der Waals surface area contributed by atoms with Crippen LogP contribution in [0.15, 0.2) is 36.4 Å². The van der Waals surface area contributed by atoms with Crippen LogP contribution in [0.25, 0.3) is 0 Å². The molecular formula is C14H11Cl3FN. The molecule has 1 atom stereocenters. The van der Waals surface area contributed by atoms with E-state index in [0.29, 0.717) is 15.7 Å². The molecule has 0 bridgehead atoms. The quantitative estimate of drug-likeness (QED) is 0.736. The number of rotatable bonds is 3. The first-order valence-electron chi connectivity index (χ1n) is 5.65. The van der Waals surface area contributed by atoms with Crippen LogP contribution in [0.5, 0.6) is 0 Å². The van der Waals surface area contributed by atoms with Gasteiger partial charge >= 0.3 is 0 Å². The second-order valence-electron chi connectivity index (χ2n) is 4.11. The molecule has 100 valence electrons. The molecule has 0 aliphatic rings. The van der Waals surface area contributed by atoms with Gasteiger partial charge in [0.2, 0.25) is 0 Å². The Morgan fingerprint density at radius 2 is 1.63 bits per heavy atom. The minimum atomic E-state index is -0.478. The number of hydrogen-bond donors (Lipinski definition) is 1. The predicted molar refractivity (Wildman–Crippen MR) is 79.9 cm³/mol. The molecule has 0 aliphatic heterocycles. The predicted octanol–water partition coefficient (Wildman–Crippen LogP) is 5.96. The topological polar surface area (TPSA) is 12.0 Å². The Hall–Kier alpha value is -0.960. The summed E-state index contributed by atoms with van der Waals surface area (Å²) in [4.78, 5) is 0. The van der Waals surface area contributed by atoms with Crippen molar-refractivity contribution in [1.82, 2.24) is 0 Å². The highest BCUT2D eigenvalue weighted by Gasteiger charge is 2.14. The van der Waals surface area contributed by atoms with Gasteiger partial charge in [-0.15, -0.1) is 0 Å². The summed E-state index contributed by atoms with van der Waals surface area (Å²) in [6, 6.07) is 9.96. The summed E-state index contributed by atoms with van der Waals surface area (Å²) in [5.74, 6) is -0.478. The molecule has 0 saturated carbocycles. The molecule has 2 aromatic rings. The van der Waals surface area contributed by atoms with Gasteiger partial charge in [0.15, 0.2) is 5.82 Å². The summed E-state index contributed by atoms with van der Waals surface area (Å²) >= 11 is 17.8. The van der Waals surface area contributed by atoms with Crippen molar-refractivity contribution in [2.45, 2.75) is 13.0 Å². The number of hydrogen-bond acceptors (Lipinski definition) is 1. The highest BCUT2D eigenvalue weighted by molar-refractivity contribution is 6.42. The molecule has 1 unspecified atom stereocenters. The highest BCUT2D eigenvalue weighted by Crippen LogP contribution is 2.32. The zero-order valence-electron chi connectivity index (χ0n) is 10.1. The van der Waals surface area contributed by atoms with Crippen LogP contribution in [-0.4, -0.2) is 0 Å². The largest absolute Gasteiger partial charge is 0.376 e. The lowest BCUT2D eigenvalue weighted by molar-refractivity contribution is 0.628. The number of nitrogens with one attached hydrogen (secondary N) is 1. The van der Waals surface area contributed by atoms with E-state index < -0.39 is 5.82 Å². The first kappa shape index (κ1) is 14.4. The molecule has 0 spiro atoms. The molecule has 19 heavy (non-hydrogen) atoms. The fourth-order valence-corrected chi connectivity index (χ4v) is 2.43. The molecule has 0 saturated heterocycles. The van der Waals surface area contributed by atoms with E-state index in [1.54, 1.807) is 24.3 Å². The Kier molecular flexibility index (Phi) is 4.56. The summed E-state index contributed by atoms with van der Waals surface area (Å²) < 4.78 is 13.8. The van der Waals surface area contributed by atoms with E-state index >= 15 is 0 Å². The maximum absolute atomic E-state index is 13.8. The highest BCUT2D eigenvalue weighted by atomic mass is 35.5. The van der Waals surface area contributed by atoms with E-state index in [0.717, 1.165) is 5.56 Å². The van der Waals surface area contributed by atoms with Crippen molar-refractivity contribution in [2.75, 3.05) is 5.32 Å². The van der Waals surface area contributed by atoms with Gasteiger partial charge in [-0.25, -0.2) is 4.39 Å². The lowest BCUT2D eigenvalue weighted by atomic mass is 10.1. The molecule has 0 amide bonds. The smallest absolute Gasteiger partial charge is 0.164 e. The summed E-state index contributed by atoms with van der Waals surface area (Å²) in [5, 5.41) is 4.05. The van der Waals surface area contributed by atoms with Crippen molar-refractivity contribution in [3.63, 3.8) is 0 Å². The fraction of sp³-hybridized carbons (Fsp3) is 0.143. The van der Waals surface area contributed by atoms with Crippen molar-refractivity contribution in [1.29, 1.82) is 0 Å². The van der Waals surface area contributed by atoms with E-state index in [4.69, 9.17) is 34.8 Å². The third-order valence-electron chi connectivity index (χ3n) is 2.77. The monoisotopic (exact) mass is 317 g/mol. The maximum atomic E-state index is 13.8. The van der Waals surface area contributed by atoms with Crippen LogP contribution in [-0.2, 0) is 0 Å². The molecular weight excluding hydrogens is 308 g/mol. The Bertz CT molecular complexity index is 601. The Balaban J connectivity index is 2.28. The van der Waals surface area contributed by atoms with Crippen molar-refractivity contribution < 1.29 is 4.39 Å². The van der Waals surface area contributed by atoms with Gasteiger partial charge < -0.3 is 5.32 Å². The Labute approximate surface area is 126 Å². The summed E-state index contributed by atoms with van der Waals surface area (Å²) in [6.07, 6.45) is 0. The molecule has 0 aliphatic carbocycles. The van der Waals surface area contributed by atoms with Crippen LogP contribution < -0.4 is 5.32 Å². The van der Waals surface area contributed by atoms with Gasteiger partial charge in [0, 0.05) is 0 Å². The van der Waals surface area contributed by atoms with Crippen molar-refractivity contribution >= 4 is 40.5 Å². The minimum Gasteiger partial charge on any atom is -0.376 e. The van der Waals surface area contributed by atoms with E-state index in [1.807, 2.05) is 13.0 Å². The maximum Gasteiger partial charge on any atom is 0.164 e. The molecule has 1 N–H and O–H groups in total. The van der Waals surface area contributed by atoms with E-state index in [1.165, 1.54) is 6.07 Å². The molecule has 0 radical (unpaired) electrons. The molecule has 5 heteroatoms. The van der Waals surface area contributed by atoms with Gasteiger partial charge in [0.25, 0.3) is 0 Å². The van der Waals surface area contributed by atoms with E-state index in [-0.39, 0.29) is 11.1 Å². The molecule has 2 aromatic carbocycles. The molecule has 0 heterocycles. The van der Waals surface area contributed by atoms with Crippen LogP contribution in [0.2, 0.25) is 15.1 Å². The number of anilines is 1. The lowest BCUT2D eigenvalue weighted by Crippen LogP contribution is -2.08. The lowest BCUT2D eigenvalue weighted by Gasteiger charge is -2.18. The van der Waals surface area contributed by atoms with Crippen LogP contribution >= 0.6 is 34.8 Å². The first-order chi connectivity index (χ1) is 9.00. The molecule has 2 rings (SSSR count). The minimum absolute atomic E-state index is 0.0781. The average molecular weight is 319 g/mol. The Morgan fingerprint density at radius 1 is 1.00 bits per heavy atom. The first-order valence-corrected chi connectivity index (χ1v) is 6.78. The second kappa shape index (κ2) is 6.00. The summed E-state index contributed by atoms with van der Waals surface area (Å²) in [6.45, 7) is 1.87. The standard InChI is InChI=1S/C14H11Cl3FN/c1-8(9-4-2-5-10(15)13(9)17)19-12-7-3-6-11(16)14(12)18/h2-8,19H,1H3. The normalized spacial score (nSPS) is 12.3. The van der Waals surface area contributed by atoms with Crippen LogP contribution in [0.1, 0.15) is 18.5 Å². The van der Waals surface area contributed by atoms with Gasteiger partial charge in [-0.1, -0.05) is 53.0 Å². The summed E-state index contributed by atoms with van der Waals surface area (Å²) in [5.41, 5.74) is 1.13. The fourth-order valence-electron chi connectivity index (χ4n) is 1.78. The van der Waals surface area contributed by atoms with Gasteiger partial charge in [-0.3, -0.25) is 0 Å². The number of halogens is 4. The Morgan fingerprint density at radius 3 is 2.37 bits per heavy atom. The van der Waals surface area contributed by atoms with Crippen LogP contribution in [0.4, 0.5) is 10.1 Å². The van der Waals surface area contributed by atoms with Crippen molar-refractivity contribution in [3.05, 3.63) is 62.8 Å². The van der Waals surface area contributed by atoms with Gasteiger partial charge in [-0.2, -0.15) is 0 Å². The van der Waals surface area contributed by atoms with E-state index in [9.17, 15) is 4.39 Å². The molecule has 0 fully saturated rings. The van der Waals surface area contributed by atoms with E-state index in [2.05, 4.69) is 5.32 Å². The van der Waals surface area contributed by atoms with Gasteiger partial charge in [0.05, 0.1) is 26.8 Å². The van der Waals surface area contributed by atoms with Crippen molar-refractivity contribution in [2.24, 2.45) is 0 Å². The third-order valence-corrected chi connectivity index (χ3v) is 3.90. The third kappa shape index (κ3) is 3.14. The van der Waals surface area contributed by atoms with Gasteiger partial charge in [-0.05, 0) is 30.7 Å². The zero-order chi connectivity index (χ0) is 14.0. The average Bonchev–Trinajstić information content (AvgIpc) is 2.38. The van der Waals surface area contributed by atoms with Gasteiger partial charge in [0.1, 0.15) is 0 Å². The second-order valence-corrected chi connectivity index (χ2v) is 5.30. The molecule has 1 nitrogen and oxygen atoms in total. The number of benzene rings is 2. The van der Waals surface area contributed by atoms with Crippen LogP contribution in [0, 0.1) is 5.82 Å². The zero-order valence-corrected chi connectivity index (χ0v) is 12.3. The summed E-state index contributed by atoms with van der Waals surface area (Å²) in [7, 11) is 0. The van der Waals surface area contributed by atoms with Crippen molar-refractivity contribution in [3.8, 4) is 0 Å².